The van der Waals surface area contributed by atoms with Crippen molar-refractivity contribution in [2.24, 2.45) is 0 Å². The number of aryl methyl sites for hydroxylation is 2. The molecule has 2 amide bonds. The van der Waals surface area contributed by atoms with Crippen LogP contribution in [0.1, 0.15) is 32.6 Å². The first-order valence-electron chi connectivity index (χ1n) is 10.6. The number of anilines is 1. The molecule has 0 aliphatic carbocycles. The molecule has 0 saturated carbocycles. The van der Waals surface area contributed by atoms with E-state index in [4.69, 9.17) is 11.6 Å². The standard InChI is InChI=1S/C26H23ClN2O2S/c1-17-5-3-6-19(13-17)16-28-23-10-9-18(2)14-22(23)26(25(28)31)29(11-12-32-26)24(30)20-7-4-8-21(27)15-20/h3-10,13-15H,11-12,16H2,1-2H3/t26-/m1/s1. The fourth-order valence-electron chi connectivity index (χ4n) is 4.66. The molecule has 0 radical (unpaired) electrons. The summed E-state index contributed by atoms with van der Waals surface area (Å²) >= 11 is 7.70. The average molecular weight is 463 g/mol. The van der Waals surface area contributed by atoms with E-state index in [-0.39, 0.29) is 11.8 Å². The van der Waals surface area contributed by atoms with Crippen LogP contribution in [0.3, 0.4) is 0 Å². The van der Waals surface area contributed by atoms with Crippen LogP contribution in [0, 0.1) is 13.8 Å². The fraction of sp³-hybridized carbons (Fsp3) is 0.231. The van der Waals surface area contributed by atoms with E-state index in [1.54, 1.807) is 40.9 Å². The van der Waals surface area contributed by atoms with Crippen LogP contribution in [0.2, 0.25) is 5.02 Å². The van der Waals surface area contributed by atoms with E-state index in [1.807, 2.05) is 49.1 Å². The van der Waals surface area contributed by atoms with Gasteiger partial charge in [-0.2, -0.15) is 0 Å². The van der Waals surface area contributed by atoms with Gasteiger partial charge in [-0.15, -0.1) is 11.8 Å². The molecule has 162 valence electrons. The highest BCUT2D eigenvalue weighted by atomic mass is 35.5. The van der Waals surface area contributed by atoms with Crippen molar-refractivity contribution in [1.29, 1.82) is 0 Å². The highest BCUT2D eigenvalue weighted by Crippen LogP contribution is 2.55. The minimum absolute atomic E-state index is 0.0579. The maximum atomic E-state index is 14.1. The third-order valence-electron chi connectivity index (χ3n) is 6.09. The molecular weight excluding hydrogens is 440 g/mol. The summed E-state index contributed by atoms with van der Waals surface area (Å²) < 4.78 is 0. The Labute approximate surface area is 197 Å². The van der Waals surface area contributed by atoms with Crippen molar-refractivity contribution in [2.75, 3.05) is 17.2 Å². The van der Waals surface area contributed by atoms with Crippen molar-refractivity contribution < 1.29 is 9.59 Å². The molecule has 5 rings (SSSR count). The molecule has 3 aromatic carbocycles. The van der Waals surface area contributed by atoms with Crippen LogP contribution in [-0.4, -0.2) is 29.0 Å². The van der Waals surface area contributed by atoms with Gasteiger partial charge in [0.1, 0.15) is 0 Å². The van der Waals surface area contributed by atoms with Gasteiger partial charge in [0.05, 0.1) is 12.2 Å². The van der Waals surface area contributed by atoms with Gasteiger partial charge in [-0.1, -0.05) is 65.2 Å². The Kier molecular flexibility index (Phi) is 5.26. The third kappa shape index (κ3) is 3.31. The summed E-state index contributed by atoms with van der Waals surface area (Å²) in [6.45, 7) is 5.04. The van der Waals surface area contributed by atoms with E-state index >= 15 is 0 Å². The first-order valence-corrected chi connectivity index (χ1v) is 12.0. The number of amides is 2. The number of halogens is 1. The normalized spacial score (nSPS) is 19.7. The van der Waals surface area contributed by atoms with Gasteiger partial charge in [0.15, 0.2) is 4.87 Å². The molecule has 6 heteroatoms. The van der Waals surface area contributed by atoms with Gasteiger partial charge >= 0.3 is 0 Å². The molecule has 0 bridgehead atoms. The molecule has 1 fully saturated rings. The van der Waals surface area contributed by atoms with Gasteiger partial charge in [0, 0.05) is 28.4 Å². The number of carbonyl (C=O) groups excluding carboxylic acids is 2. The number of nitrogens with zero attached hydrogens (tertiary/aromatic N) is 2. The smallest absolute Gasteiger partial charge is 0.268 e. The van der Waals surface area contributed by atoms with Crippen LogP contribution in [0.4, 0.5) is 5.69 Å². The van der Waals surface area contributed by atoms with Gasteiger partial charge in [0.2, 0.25) is 0 Å². The summed E-state index contributed by atoms with van der Waals surface area (Å²) in [5.74, 6) is 0.470. The quantitative estimate of drug-likeness (QED) is 0.512. The second-order valence-electron chi connectivity index (χ2n) is 8.36. The largest absolute Gasteiger partial charge is 0.311 e. The SMILES string of the molecule is Cc1cccc(CN2C(=O)[C@]3(SCCN3C(=O)c3cccc(Cl)c3)c3cc(C)ccc32)c1. The van der Waals surface area contributed by atoms with Gasteiger partial charge in [-0.25, -0.2) is 0 Å². The number of hydrogen-bond acceptors (Lipinski definition) is 3. The van der Waals surface area contributed by atoms with E-state index in [1.165, 1.54) is 0 Å². The van der Waals surface area contributed by atoms with Crippen LogP contribution in [0.25, 0.3) is 0 Å². The van der Waals surface area contributed by atoms with Gasteiger partial charge in [-0.3, -0.25) is 9.59 Å². The van der Waals surface area contributed by atoms with E-state index < -0.39 is 4.87 Å². The Balaban J connectivity index is 1.60. The van der Waals surface area contributed by atoms with E-state index in [9.17, 15) is 9.59 Å². The van der Waals surface area contributed by atoms with Crippen molar-refractivity contribution in [3.8, 4) is 0 Å². The Bertz CT molecular complexity index is 1240. The zero-order valence-corrected chi connectivity index (χ0v) is 19.5. The second kappa shape index (κ2) is 7.98. The molecular formula is C26H23ClN2O2S. The summed E-state index contributed by atoms with van der Waals surface area (Å²) in [7, 11) is 0. The van der Waals surface area contributed by atoms with E-state index in [2.05, 4.69) is 12.1 Å². The Morgan fingerprint density at radius 3 is 2.59 bits per heavy atom. The second-order valence-corrected chi connectivity index (χ2v) is 10.1. The van der Waals surface area contributed by atoms with Gasteiger partial charge in [0.25, 0.3) is 11.8 Å². The van der Waals surface area contributed by atoms with Gasteiger partial charge < -0.3 is 9.80 Å². The van der Waals surface area contributed by atoms with Gasteiger partial charge in [-0.05, 0) is 43.7 Å². The highest BCUT2D eigenvalue weighted by molar-refractivity contribution is 8.01. The molecule has 1 atom stereocenters. The van der Waals surface area contributed by atoms with Crippen LogP contribution < -0.4 is 4.90 Å². The maximum Gasteiger partial charge on any atom is 0.268 e. The molecule has 32 heavy (non-hydrogen) atoms. The van der Waals surface area contributed by atoms with Crippen molar-refractivity contribution in [1.82, 2.24) is 4.90 Å². The van der Waals surface area contributed by atoms with E-state index in [0.717, 1.165) is 27.9 Å². The van der Waals surface area contributed by atoms with E-state index in [0.29, 0.717) is 29.4 Å². The zero-order valence-electron chi connectivity index (χ0n) is 18.0. The lowest BCUT2D eigenvalue weighted by Gasteiger charge is -2.33. The topological polar surface area (TPSA) is 40.6 Å². The number of thioether (sulfide) groups is 1. The van der Waals surface area contributed by atoms with Crippen LogP contribution in [0.15, 0.2) is 66.7 Å². The number of fused-ring (bicyclic) bond motifs is 2. The Morgan fingerprint density at radius 1 is 1.03 bits per heavy atom. The molecule has 2 aliphatic rings. The number of rotatable bonds is 3. The molecule has 1 saturated heterocycles. The Morgan fingerprint density at radius 2 is 1.81 bits per heavy atom. The summed E-state index contributed by atoms with van der Waals surface area (Å²) in [5, 5.41) is 0.506. The number of benzene rings is 3. The summed E-state index contributed by atoms with van der Waals surface area (Å²) in [4.78, 5) is 30.2. The Hall–Kier alpha value is -2.76. The minimum Gasteiger partial charge on any atom is -0.311 e. The monoisotopic (exact) mass is 462 g/mol. The number of hydrogen-bond donors (Lipinski definition) is 0. The number of carbonyl (C=O) groups is 2. The molecule has 3 aromatic rings. The van der Waals surface area contributed by atoms with Crippen LogP contribution in [-0.2, 0) is 16.2 Å². The fourth-order valence-corrected chi connectivity index (χ4v) is 6.30. The molecule has 2 heterocycles. The molecule has 4 nitrogen and oxygen atoms in total. The lowest BCUT2D eigenvalue weighted by Crippen LogP contribution is -2.50. The maximum absolute atomic E-state index is 14.1. The summed E-state index contributed by atoms with van der Waals surface area (Å²) in [5.41, 5.74) is 5.56. The molecule has 1 spiro atoms. The van der Waals surface area contributed by atoms with Crippen molar-refractivity contribution in [2.45, 2.75) is 25.3 Å². The molecule has 0 aromatic heterocycles. The predicted octanol–water partition coefficient (Wildman–Crippen LogP) is 5.55. The first-order chi connectivity index (χ1) is 15.4. The molecule has 0 unspecified atom stereocenters. The van der Waals surface area contributed by atoms with Crippen molar-refractivity contribution in [3.63, 3.8) is 0 Å². The lowest BCUT2D eigenvalue weighted by molar-refractivity contribution is -0.123. The predicted molar refractivity (Wildman–Crippen MR) is 130 cm³/mol. The molecule has 2 aliphatic heterocycles. The summed E-state index contributed by atoms with van der Waals surface area (Å²) in [6.07, 6.45) is 0. The highest BCUT2D eigenvalue weighted by Gasteiger charge is 2.59. The zero-order chi connectivity index (χ0) is 22.5. The average Bonchev–Trinajstić information content (AvgIpc) is 3.30. The van der Waals surface area contributed by atoms with Crippen LogP contribution >= 0.6 is 23.4 Å². The minimum atomic E-state index is -1.05. The van der Waals surface area contributed by atoms with Crippen LogP contribution in [0.5, 0.6) is 0 Å². The summed E-state index contributed by atoms with van der Waals surface area (Å²) in [6, 6.07) is 21.2. The van der Waals surface area contributed by atoms with Crippen molar-refractivity contribution >= 4 is 40.9 Å². The lowest BCUT2D eigenvalue weighted by atomic mass is 10.0. The first kappa shape index (κ1) is 21.1. The third-order valence-corrected chi connectivity index (χ3v) is 7.74. The van der Waals surface area contributed by atoms with Crippen molar-refractivity contribution in [3.05, 3.63) is 99.6 Å². The molecule has 0 N–H and O–H groups in total.